The van der Waals surface area contributed by atoms with Gasteiger partial charge in [0.2, 0.25) is 5.91 Å². The van der Waals surface area contributed by atoms with Crippen molar-refractivity contribution in [3.05, 3.63) is 69.8 Å². The number of β-amino-alcohol motifs (C(OH)–C–C–N with tert-alkyl or cyclic N) is 1. The number of benzene rings is 2. The summed E-state index contributed by atoms with van der Waals surface area (Å²) in [5.41, 5.74) is 1.58. The summed E-state index contributed by atoms with van der Waals surface area (Å²) < 4.78 is 0. The van der Waals surface area contributed by atoms with Gasteiger partial charge in [0.1, 0.15) is 11.7 Å². The average molecular weight is 369 g/mol. The van der Waals surface area contributed by atoms with Crippen LogP contribution >= 0.6 is 0 Å². The zero-order valence-corrected chi connectivity index (χ0v) is 15.2. The van der Waals surface area contributed by atoms with Crippen LogP contribution in [0.1, 0.15) is 30.0 Å². The van der Waals surface area contributed by atoms with Crippen molar-refractivity contribution in [1.82, 2.24) is 4.90 Å². The summed E-state index contributed by atoms with van der Waals surface area (Å²) in [5, 5.41) is 24.1. The molecule has 2 unspecified atom stereocenters. The summed E-state index contributed by atoms with van der Waals surface area (Å²) >= 11 is 0. The van der Waals surface area contributed by atoms with E-state index < -0.39 is 17.1 Å². The lowest BCUT2D eigenvalue weighted by Gasteiger charge is -2.36. The van der Waals surface area contributed by atoms with Crippen molar-refractivity contribution in [2.24, 2.45) is 0 Å². The number of nitro benzene ring substituents is 1. The Hall–Kier alpha value is -2.77. The number of nitrogens with zero attached hydrogens (tertiary/aromatic N) is 2. The zero-order chi connectivity index (χ0) is 19.4. The summed E-state index contributed by atoms with van der Waals surface area (Å²) in [4.78, 5) is 25.9. The molecule has 0 radical (unpaired) electrons. The first-order valence-corrected chi connectivity index (χ1v) is 8.98. The van der Waals surface area contributed by atoms with Crippen molar-refractivity contribution in [2.45, 2.75) is 31.9 Å². The van der Waals surface area contributed by atoms with E-state index in [0.717, 1.165) is 17.5 Å². The highest BCUT2D eigenvalue weighted by Gasteiger charge is 2.32. The number of aliphatic hydroxyl groups is 1. The number of likely N-dealkylation sites (tertiary alicyclic amines) is 1. The molecule has 0 bridgehead atoms. The van der Waals surface area contributed by atoms with Crippen LogP contribution in [0.4, 0.5) is 11.4 Å². The molecule has 2 N–H and O–H groups in total. The number of hydrogen-bond donors (Lipinski definition) is 2. The summed E-state index contributed by atoms with van der Waals surface area (Å²) in [6, 6.07) is 13.4. The van der Waals surface area contributed by atoms with Gasteiger partial charge in [-0.05, 0) is 43.5 Å². The fourth-order valence-corrected chi connectivity index (χ4v) is 3.48. The van der Waals surface area contributed by atoms with E-state index in [1.807, 2.05) is 35.2 Å². The number of rotatable bonds is 5. The quantitative estimate of drug-likeness (QED) is 0.624. The van der Waals surface area contributed by atoms with Crippen molar-refractivity contribution in [3.63, 3.8) is 0 Å². The SMILES string of the molecule is Cc1ccc(NC(=O)C(c2ccccc2)N2CCCC(O)C2)c([N+](=O)[O-])c1. The van der Waals surface area contributed by atoms with E-state index >= 15 is 0 Å². The molecule has 1 heterocycles. The molecule has 7 heteroatoms. The maximum Gasteiger partial charge on any atom is 0.293 e. The van der Waals surface area contributed by atoms with Gasteiger partial charge in [-0.25, -0.2) is 0 Å². The average Bonchev–Trinajstić information content (AvgIpc) is 2.64. The lowest BCUT2D eigenvalue weighted by Crippen LogP contribution is -2.45. The van der Waals surface area contributed by atoms with Crippen LogP contribution in [-0.4, -0.2) is 40.0 Å². The van der Waals surface area contributed by atoms with E-state index in [1.165, 1.54) is 6.07 Å². The summed E-state index contributed by atoms with van der Waals surface area (Å²) in [6.07, 6.45) is 1.03. The number of aryl methyl sites for hydroxylation is 1. The highest BCUT2D eigenvalue weighted by molar-refractivity contribution is 5.97. The highest BCUT2D eigenvalue weighted by Crippen LogP contribution is 2.30. The van der Waals surface area contributed by atoms with Gasteiger partial charge in [-0.2, -0.15) is 0 Å². The van der Waals surface area contributed by atoms with Crippen LogP contribution < -0.4 is 5.32 Å². The van der Waals surface area contributed by atoms with Crippen LogP contribution in [0, 0.1) is 17.0 Å². The predicted molar refractivity (Wildman–Crippen MR) is 102 cm³/mol. The fourth-order valence-electron chi connectivity index (χ4n) is 3.48. The largest absolute Gasteiger partial charge is 0.392 e. The van der Waals surface area contributed by atoms with Gasteiger partial charge in [-0.3, -0.25) is 19.8 Å². The van der Waals surface area contributed by atoms with Crippen molar-refractivity contribution in [1.29, 1.82) is 0 Å². The molecule has 0 spiro atoms. The summed E-state index contributed by atoms with van der Waals surface area (Å²) in [5.74, 6) is -0.345. The van der Waals surface area contributed by atoms with Crippen LogP contribution in [0.3, 0.4) is 0 Å². The molecule has 1 aliphatic rings. The van der Waals surface area contributed by atoms with E-state index in [4.69, 9.17) is 0 Å². The lowest BCUT2D eigenvalue weighted by molar-refractivity contribution is -0.384. The first-order chi connectivity index (χ1) is 13.0. The molecule has 1 fully saturated rings. The van der Waals surface area contributed by atoms with Crippen LogP contribution in [0.25, 0.3) is 0 Å². The number of aliphatic hydroxyl groups excluding tert-OH is 1. The maximum absolute atomic E-state index is 13.1. The van der Waals surface area contributed by atoms with Gasteiger partial charge >= 0.3 is 0 Å². The molecule has 2 aromatic carbocycles. The topological polar surface area (TPSA) is 95.7 Å². The number of carbonyl (C=O) groups is 1. The third kappa shape index (κ3) is 4.50. The van der Waals surface area contributed by atoms with Gasteiger partial charge in [-0.15, -0.1) is 0 Å². The molecule has 0 aliphatic carbocycles. The van der Waals surface area contributed by atoms with E-state index in [2.05, 4.69) is 5.32 Å². The molecule has 2 aromatic rings. The number of nitro groups is 1. The second kappa shape index (κ2) is 8.28. The molecule has 0 aromatic heterocycles. The Kier molecular flexibility index (Phi) is 5.83. The van der Waals surface area contributed by atoms with Gasteiger partial charge < -0.3 is 10.4 Å². The highest BCUT2D eigenvalue weighted by atomic mass is 16.6. The van der Waals surface area contributed by atoms with Crippen molar-refractivity contribution in [3.8, 4) is 0 Å². The van der Waals surface area contributed by atoms with E-state index in [-0.39, 0.29) is 17.3 Å². The minimum Gasteiger partial charge on any atom is -0.392 e. The zero-order valence-electron chi connectivity index (χ0n) is 15.2. The molecule has 7 nitrogen and oxygen atoms in total. The standard InChI is InChI=1S/C20H23N3O4/c1-14-9-10-17(18(12-14)23(26)27)21-20(25)19(15-6-3-2-4-7-15)22-11-5-8-16(24)13-22/h2-4,6-7,9-10,12,16,19,24H,5,8,11,13H2,1H3,(H,21,25). The molecule has 1 amide bonds. The number of piperidine rings is 1. The summed E-state index contributed by atoms with van der Waals surface area (Å²) in [7, 11) is 0. The van der Waals surface area contributed by atoms with E-state index in [0.29, 0.717) is 19.5 Å². The molecule has 1 saturated heterocycles. The smallest absolute Gasteiger partial charge is 0.293 e. The Bertz CT molecular complexity index is 825. The van der Waals surface area contributed by atoms with Crippen LogP contribution in [0.2, 0.25) is 0 Å². The maximum atomic E-state index is 13.1. The first kappa shape index (κ1) is 19.0. The van der Waals surface area contributed by atoms with Crippen molar-refractivity contribution >= 4 is 17.3 Å². The third-order valence-electron chi connectivity index (χ3n) is 4.76. The number of carbonyl (C=O) groups excluding carboxylic acids is 1. The van der Waals surface area contributed by atoms with Crippen molar-refractivity contribution < 1.29 is 14.8 Å². The van der Waals surface area contributed by atoms with E-state index in [9.17, 15) is 20.0 Å². The Labute approximate surface area is 157 Å². The second-order valence-corrected chi connectivity index (χ2v) is 6.87. The number of hydrogen-bond acceptors (Lipinski definition) is 5. The number of amides is 1. The van der Waals surface area contributed by atoms with Gasteiger partial charge in [0.15, 0.2) is 0 Å². The summed E-state index contributed by atoms with van der Waals surface area (Å²) in [6.45, 7) is 2.84. The molecule has 1 aliphatic heterocycles. The third-order valence-corrected chi connectivity index (χ3v) is 4.76. The fraction of sp³-hybridized carbons (Fsp3) is 0.350. The molecular weight excluding hydrogens is 346 g/mol. The molecule has 27 heavy (non-hydrogen) atoms. The Morgan fingerprint density at radius 3 is 2.70 bits per heavy atom. The molecule has 3 rings (SSSR count). The number of nitrogens with one attached hydrogen (secondary N) is 1. The Morgan fingerprint density at radius 1 is 1.30 bits per heavy atom. The first-order valence-electron chi connectivity index (χ1n) is 8.98. The predicted octanol–water partition coefficient (Wildman–Crippen LogP) is 3.04. The van der Waals surface area contributed by atoms with Gasteiger partial charge in [0.05, 0.1) is 11.0 Å². The van der Waals surface area contributed by atoms with Gasteiger partial charge in [0.25, 0.3) is 5.69 Å². The van der Waals surface area contributed by atoms with Gasteiger partial charge in [-0.1, -0.05) is 36.4 Å². The molecular formula is C20H23N3O4. The monoisotopic (exact) mass is 369 g/mol. The van der Waals surface area contributed by atoms with Crippen LogP contribution in [0.15, 0.2) is 48.5 Å². The van der Waals surface area contributed by atoms with Crippen LogP contribution in [0.5, 0.6) is 0 Å². The molecule has 0 saturated carbocycles. The normalized spacial score (nSPS) is 18.7. The second-order valence-electron chi connectivity index (χ2n) is 6.87. The van der Waals surface area contributed by atoms with Gasteiger partial charge in [0, 0.05) is 12.6 Å². The minimum atomic E-state index is -0.623. The Balaban J connectivity index is 1.91. The number of anilines is 1. The molecule has 2 atom stereocenters. The minimum absolute atomic E-state index is 0.131. The van der Waals surface area contributed by atoms with E-state index in [1.54, 1.807) is 19.1 Å². The molecule has 142 valence electrons. The lowest BCUT2D eigenvalue weighted by atomic mass is 9.99. The van der Waals surface area contributed by atoms with Crippen LogP contribution in [-0.2, 0) is 4.79 Å². The Morgan fingerprint density at radius 2 is 2.04 bits per heavy atom. The van der Waals surface area contributed by atoms with Crippen molar-refractivity contribution in [2.75, 3.05) is 18.4 Å².